The number of carbonyl (C=O) groups is 1. The molecule has 2 saturated carbocycles. The quantitative estimate of drug-likeness (QED) is 0.794. The number of aromatic nitrogens is 5. The zero-order valence-electron chi connectivity index (χ0n) is 12.1. The van der Waals surface area contributed by atoms with E-state index in [2.05, 4.69) is 19.9 Å². The molecule has 2 aliphatic rings. The lowest BCUT2D eigenvalue weighted by Crippen LogP contribution is -2.03. The van der Waals surface area contributed by atoms with Gasteiger partial charge in [0.2, 0.25) is 0 Å². The topological polar surface area (TPSA) is 65.6 Å². The number of hydrogen-bond acceptors (Lipinski definition) is 5. The van der Waals surface area contributed by atoms with Crippen LogP contribution in [0.2, 0.25) is 0 Å². The molecule has 0 radical (unpaired) electrons. The van der Waals surface area contributed by atoms with Crippen molar-refractivity contribution in [3.63, 3.8) is 0 Å². The predicted molar refractivity (Wildman–Crippen MR) is 77.7 cm³/mol. The summed E-state index contributed by atoms with van der Waals surface area (Å²) in [7, 11) is 1.86. The Balaban J connectivity index is 1.73. The zero-order valence-corrected chi connectivity index (χ0v) is 12.9. The molecule has 0 spiro atoms. The summed E-state index contributed by atoms with van der Waals surface area (Å²) >= 11 is 1.51. The van der Waals surface area contributed by atoms with Gasteiger partial charge in [-0.3, -0.25) is 9.48 Å². The van der Waals surface area contributed by atoms with Crippen LogP contribution in [-0.2, 0) is 7.05 Å². The average Bonchev–Trinajstić information content (AvgIpc) is 3.37. The second-order valence-electron chi connectivity index (χ2n) is 5.86. The van der Waals surface area contributed by atoms with Crippen molar-refractivity contribution in [1.82, 2.24) is 24.5 Å². The fraction of sp³-hybridized carbons (Fsp3) is 0.571. The van der Waals surface area contributed by atoms with Gasteiger partial charge in [0.05, 0.1) is 11.3 Å². The Morgan fingerprint density at radius 3 is 2.62 bits per heavy atom. The van der Waals surface area contributed by atoms with Crippen molar-refractivity contribution < 1.29 is 4.79 Å². The molecule has 2 aromatic rings. The maximum atomic E-state index is 11.3. The van der Waals surface area contributed by atoms with Crippen molar-refractivity contribution in [2.75, 3.05) is 0 Å². The van der Waals surface area contributed by atoms with E-state index in [9.17, 15) is 4.79 Å². The summed E-state index contributed by atoms with van der Waals surface area (Å²) in [4.78, 5) is 11.3. The minimum absolute atomic E-state index is 0.548. The molecular weight excluding hydrogens is 286 g/mol. The average molecular weight is 303 g/mol. The van der Waals surface area contributed by atoms with Crippen LogP contribution in [0.15, 0.2) is 10.2 Å². The first-order valence-corrected chi connectivity index (χ1v) is 8.12. The SMILES string of the molecule is Cc1nn(C)c(Sc2nnc(C3CC3)n2C2CC2)c1C=O. The van der Waals surface area contributed by atoms with Gasteiger partial charge in [0.15, 0.2) is 11.4 Å². The monoisotopic (exact) mass is 303 g/mol. The lowest BCUT2D eigenvalue weighted by Gasteiger charge is -2.08. The van der Waals surface area contributed by atoms with E-state index in [1.165, 1.54) is 37.4 Å². The van der Waals surface area contributed by atoms with Crippen molar-refractivity contribution in [1.29, 1.82) is 0 Å². The number of aryl methyl sites for hydroxylation is 2. The first-order chi connectivity index (χ1) is 10.2. The van der Waals surface area contributed by atoms with Gasteiger partial charge in [0, 0.05) is 19.0 Å². The molecule has 0 amide bonds. The summed E-state index contributed by atoms with van der Waals surface area (Å²) in [5.74, 6) is 1.72. The Hall–Kier alpha value is -1.63. The molecule has 2 aromatic heterocycles. The fourth-order valence-electron chi connectivity index (χ4n) is 2.65. The van der Waals surface area contributed by atoms with Crippen LogP contribution in [-0.4, -0.2) is 30.8 Å². The first-order valence-electron chi connectivity index (χ1n) is 7.30. The fourth-order valence-corrected chi connectivity index (χ4v) is 3.72. The molecule has 4 rings (SSSR count). The molecule has 2 heterocycles. The molecule has 0 saturated heterocycles. The van der Waals surface area contributed by atoms with Gasteiger partial charge in [0.1, 0.15) is 10.9 Å². The maximum absolute atomic E-state index is 11.3. The predicted octanol–water partition coefficient (Wildman–Crippen LogP) is 2.50. The van der Waals surface area contributed by atoms with Crippen LogP contribution in [0.1, 0.15) is 59.5 Å². The second kappa shape index (κ2) is 4.69. The van der Waals surface area contributed by atoms with Crippen molar-refractivity contribution in [3.05, 3.63) is 17.1 Å². The number of rotatable bonds is 5. The van der Waals surface area contributed by atoms with E-state index in [4.69, 9.17) is 0 Å². The largest absolute Gasteiger partial charge is 0.302 e. The van der Waals surface area contributed by atoms with E-state index < -0.39 is 0 Å². The Morgan fingerprint density at radius 1 is 1.24 bits per heavy atom. The van der Waals surface area contributed by atoms with Crippen LogP contribution in [0.25, 0.3) is 0 Å². The lowest BCUT2D eigenvalue weighted by atomic mass is 10.3. The maximum Gasteiger partial charge on any atom is 0.197 e. The molecule has 6 nitrogen and oxygen atoms in total. The molecule has 0 aromatic carbocycles. The standard InChI is InChI=1S/C14H17N5OS/c1-8-11(7-20)13(18(2)17-8)21-14-16-15-12(9-3-4-9)19(14)10-5-6-10/h7,9-10H,3-6H2,1-2H3. The number of hydrogen-bond donors (Lipinski definition) is 0. The summed E-state index contributed by atoms with van der Waals surface area (Å²) < 4.78 is 4.05. The summed E-state index contributed by atoms with van der Waals surface area (Å²) in [5.41, 5.74) is 1.41. The third-order valence-electron chi connectivity index (χ3n) is 4.07. The highest BCUT2D eigenvalue weighted by Crippen LogP contribution is 2.46. The lowest BCUT2D eigenvalue weighted by molar-refractivity contribution is 0.112. The molecule has 110 valence electrons. The smallest absolute Gasteiger partial charge is 0.197 e. The van der Waals surface area contributed by atoms with Crippen LogP contribution in [0.4, 0.5) is 0 Å². The minimum Gasteiger partial charge on any atom is -0.302 e. The van der Waals surface area contributed by atoms with E-state index in [0.717, 1.165) is 28.0 Å². The van der Waals surface area contributed by atoms with Gasteiger partial charge < -0.3 is 4.57 Å². The van der Waals surface area contributed by atoms with Gasteiger partial charge in [-0.2, -0.15) is 5.10 Å². The van der Waals surface area contributed by atoms with Crippen molar-refractivity contribution in [2.24, 2.45) is 7.05 Å². The van der Waals surface area contributed by atoms with Crippen molar-refractivity contribution in [3.8, 4) is 0 Å². The highest BCUT2D eigenvalue weighted by molar-refractivity contribution is 7.99. The van der Waals surface area contributed by atoms with E-state index in [0.29, 0.717) is 17.5 Å². The zero-order chi connectivity index (χ0) is 14.6. The number of carbonyl (C=O) groups excluding carboxylic acids is 1. The molecule has 7 heteroatoms. The van der Waals surface area contributed by atoms with Crippen LogP contribution in [0.3, 0.4) is 0 Å². The molecule has 21 heavy (non-hydrogen) atoms. The molecular formula is C14H17N5OS. The summed E-state index contributed by atoms with van der Waals surface area (Å²) in [6.07, 6.45) is 5.73. The van der Waals surface area contributed by atoms with Crippen LogP contribution >= 0.6 is 11.8 Å². The second-order valence-corrected chi connectivity index (χ2v) is 6.82. The molecule has 0 N–H and O–H groups in total. The summed E-state index contributed by atoms with van der Waals surface area (Å²) in [6.45, 7) is 1.86. The van der Waals surface area contributed by atoms with Crippen LogP contribution in [0, 0.1) is 6.92 Å². The molecule has 0 atom stereocenters. The Kier molecular flexibility index (Phi) is 2.92. The van der Waals surface area contributed by atoms with Gasteiger partial charge in [0.25, 0.3) is 0 Å². The molecule has 0 unspecified atom stereocenters. The van der Waals surface area contributed by atoms with Gasteiger partial charge in [-0.05, 0) is 44.4 Å². The van der Waals surface area contributed by atoms with Gasteiger partial charge in [-0.25, -0.2) is 0 Å². The highest BCUT2D eigenvalue weighted by atomic mass is 32.2. The molecule has 2 fully saturated rings. The minimum atomic E-state index is 0.548. The number of nitrogens with zero attached hydrogens (tertiary/aromatic N) is 5. The number of aldehydes is 1. The molecule has 0 bridgehead atoms. The summed E-state index contributed by atoms with van der Waals surface area (Å²) in [5, 5.41) is 14.9. The Bertz CT molecular complexity index is 711. The molecule has 2 aliphatic carbocycles. The normalized spacial score (nSPS) is 18.2. The van der Waals surface area contributed by atoms with Gasteiger partial charge in [-0.1, -0.05) is 0 Å². The first kappa shape index (κ1) is 13.1. The van der Waals surface area contributed by atoms with Gasteiger partial charge in [-0.15, -0.1) is 10.2 Å². The van der Waals surface area contributed by atoms with Crippen LogP contribution < -0.4 is 0 Å². The molecule has 0 aliphatic heterocycles. The van der Waals surface area contributed by atoms with Gasteiger partial charge >= 0.3 is 0 Å². The van der Waals surface area contributed by atoms with E-state index in [-0.39, 0.29) is 0 Å². The van der Waals surface area contributed by atoms with E-state index in [1.54, 1.807) is 4.68 Å². The third kappa shape index (κ3) is 2.19. The summed E-state index contributed by atoms with van der Waals surface area (Å²) in [6, 6.07) is 0.548. The van der Waals surface area contributed by atoms with E-state index in [1.807, 2.05) is 14.0 Å². The van der Waals surface area contributed by atoms with Crippen molar-refractivity contribution >= 4 is 18.0 Å². The van der Waals surface area contributed by atoms with Crippen molar-refractivity contribution in [2.45, 2.75) is 54.7 Å². The Morgan fingerprint density at radius 2 is 2.00 bits per heavy atom. The third-order valence-corrected chi connectivity index (χ3v) is 5.20. The van der Waals surface area contributed by atoms with Crippen LogP contribution in [0.5, 0.6) is 0 Å². The van der Waals surface area contributed by atoms with E-state index >= 15 is 0 Å². The Labute approximate surface area is 126 Å². The highest BCUT2D eigenvalue weighted by Gasteiger charge is 2.36.